The third kappa shape index (κ3) is 16.9. The lowest BCUT2D eigenvalue weighted by atomic mass is 9.87. The van der Waals surface area contributed by atoms with Gasteiger partial charge in [0, 0.05) is 59.0 Å². The maximum absolute atomic E-state index is 14.5. The number of halogens is 1. The van der Waals surface area contributed by atoms with Crippen molar-refractivity contribution in [2.75, 3.05) is 60.6 Å². The first-order chi connectivity index (χ1) is 34.4. The number of carbonyl (C=O) groups is 9. The number of likely N-dealkylation sites (tertiary alicyclic amines) is 2. The average Bonchev–Trinajstić information content (AvgIpc) is 3.86. The molecule has 4 rings (SSSR count). The van der Waals surface area contributed by atoms with E-state index in [2.05, 4.69) is 5.32 Å². The first-order valence-electron chi connectivity index (χ1n) is 24.6. The molecule has 2 aromatic rings. The van der Waals surface area contributed by atoms with E-state index in [-0.39, 0.29) is 81.5 Å². The summed E-state index contributed by atoms with van der Waals surface area (Å²) in [6, 6.07) is 8.15. The SMILES string of the molecule is CC(C)N(C)C(=O)COc1cc(F)cc(COC(=O)C2CCCCN2C(=O)C(=O)C(C)(C)COC(=O)/C=C/CCN(C)C(=O)C2CCCN2C(=O)C(COC(C)(C)C)N(C)C(=O)C(NC=O)c2ccccc2)c1. The van der Waals surface area contributed by atoms with Gasteiger partial charge in [0.05, 0.1) is 17.6 Å². The van der Waals surface area contributed by atoms with Crippen molar-refractivity contribution in [3.8, 4) is 5.75 Å². The van der Waals surface area contributed by atoms with Gasteiger partial charge in [-0.05, 0) is 110 Å². The molecule has 0 saturated carbocycles. The second kappa shape index (κ2) is 26.8. The molecule has 2 saturated heterocycles. The first-order valence-corrected chi connectivity index (χ1v) is 24.6. The molecule has 0 aliphatic carbocycles. The molecule has 0 spiro atoms. The zero-order chi connectivity index (χ0) is 54.2. The quantitative estimate of drug-likeness (QED) is 0.0677. The van der Waals surface area contributed by atoms with Gasteiger partial charge >= 0.3 is 11.9 Å². The number of ketones is 1. The van der Waals surface area contributed by atoms with Crippen molar-refractivity contribution in [2.24, 2.45) is 5.41 Å². The number of rotatable bonds is 24. The maximum Gasteiger partial charge on any atom is 0.330 e. The molecule has 0 radical (unpaired) electrons. The zero-order valence-corrected chi connectivity index (χ0v) is 43.9. The number of likely N-dealkylation sites (N-methyl/N-ethyl adjacent to an activating group) is 3. The molecule has 6 amide bonds. The lowest BCUT2D eigenvalue weighted by Gasteiger charge is -2.36. The molecular weight excluding hydrogens is 948 g/mol. The molecule has 2 heterocycles. The summed E-state index contributed by atoms with van der Waals surface area (Å²) in [6.07, 6.45) is 5.56. The van der Waals surface area contributed by atoms with Crippen molar-refractivity contribution >= 4 is 53.7 Å². The number of ether oxygens (including phenoxy) is 4. The Morgan fingerprint density at radius 3 is 2.18 bits per heavy atom. The van der Waals surface area contributed by atoms with E-state index in [0.29, 0.717) is 37.7 Å². The van der Waals surface area contributed by atoms with Crippen molar-refractivity contribution in [1.29, 1.82) is 0 Å². The Labute approximate surface area is 427 Å². The Kier molecular flexibility index (Phi) is 21.6. The van der Waals surface area contributed by atoms with Crippen LogP contribution in [0.15, 0.2) is 60.7 Å². The molecule has 2 aliphatic heterocycles. The van der Waals surface area contributed by atoms with Crippen LogP contribution in [0.4, 0.5) is 4.39 Å². The Bertz CT molecular complexity index is 2320. The summed E-state index contributed by atoms with van der Waals surface area (Å²) in [5, 5.41) is 2.55. The van der Waals surface area contributed by atoms with Crippen molar-refractivity contribution in [3.63, 3.8) is 0 Å². The molecule has 400 valence electrons. The summed E-state index contributed by atoms with van der Waals surface area (Å²) in [7, 11) is 4.67. The van der Waals surface area contributed by atoms with Gasteiger partial charge in [-0.15, -0.1) is 0 Å². The number of nitrogens with one attached hydrogen (secondary N) is 1. The van der Waals surface area contributed by atoms with E-state index in [1.54, 1.807) is 44.4 Å². The molecule has 0 bridgehead atoms. The minimum atomic E-state index is -1.48. The predicted molar refractivity (Wildman–Crippen MR) is 265 cm³/mol. The lowest BCUT2D eigenvalue weighted by molar-refractivity contribution is -0.162. The van der Waals surface area contributed by atoms with Gasteiger partial charge < -0.3 is 48.8 Å². The normalized spacial score (nSPS) is 16.8. The van der Waals surface area contributed by atoms with Gasteiger partial charge in [0.25, 0.3) is 11.8 Å². The molecule has 19 nitrogen and oxygen atoms in total. The molecule has 2 aromatic carbocycles. The van der Waals surface area contributed by atoms with Crippen LogP contribution in [0.3, 0.4) is 0 Å². The topological polar surface area (TPSA) is 219 Å². The summed E-state index contributed by atoms with van der Waals surface area (Å²) in [5.74, 6) is -5.68. The van der Waals surface area contributed by atoms with Crippen LogP contribution < -0.4 is 10.1 Å². The van der Waals surface area contributed by atoms with Gasteiger partial charge in [0.1, 0.15) is 48.9 Å². The Morgan fingerprint density at radius 2 is 1.52 bits per heavy atom. The average molecular weight is 1020 g/mol. The van der Waals surface area contributed by atoms with Gasteiger partial charge in [-0.2, -0.15) is 0 Å². The van der Waals surface area contributed by atoms with E-state index in [0.717, 1.165) is 23.1 Å². The van der Waals surface area contributed by atoms with Gasteiger partial charge in [-0.25, -0.2) is 14.0 Å². The summed E-state index contributed by atoms with van der Waals surface area (Å²) >= 11 is 0. The number of hydrogen-bond donors (Lipinski definition) is 1. The fourth-order valence-corrected chi connectivity index (χ4v) is 8.13. The van der Waals surface area contributed by atoms with E-state index in [4.69, 9.17) is 18.9 Å². The van der Waals surface area contributed by atoms with Crippen LogP contribution in [0.5, 0.6) is 5.75 Å². The van der Waals surface area contributed by atoms with Crippen LogP contribution in [0, 0.1) is 11.2 Å². The molecule has 1 N–H and O–H groups in total. The molecule has 2 fully saturated rings. The monoisotopic (exact) mass is 1020 g/mol. The highest BCUT2D eigenvalue weighted by molar-refractivity contribution is 6.38. The number of Topliss-reactive ketones (excluding diaryl/α,β-unsaturated/α-hetero) is 1. The smallest absolute Gasteiger partial charge is 0.330 e. The molecule has 2 aliphatic rings. The highest BCUT2D eigenvalue weighted by Crippen LogP contribution is 2.27. The van der Waals surface area contributed by atoms with Crippen molar-refractivity contribution in [3.05, 3.63) is 77.6 Å². The van der Waals surface area contributed by atoms with E-state index < -0.39 is 83.1 Å². The van der Waals surface area contributed by atoms with E-state index >= 15 is 0 Å². The fraction of sp³-hybridized carbons (Fsp3) is 0.566. The van der Waals surface area contributed by atoms with Crippen LogP contribution in [0.25, 0.3) is 0 Å². The molecule has 20 heteroatoms. The number of carbonyl (C=O) groups excluding carboxylic acids is 9. The van der Waals surface area contributed by atoms with Crippen molar-refractivity contribution in [2.45, 2.75) is 129 Å². The summed E-state index contributed by atoms with van der Waals surface area (Å²) in [6.45, 7) is 11.2. The summed E-state index contributed by atoms with van der Waals surface area (Å²) in [4.78, 5) is 126. The predicted octanol–water partition coefficient (Wildman–Crippen LogP) is 4.16. The van der Waals surface area contributed by atoms with Gasteiger partial charge in [-0.3, -0.25) is 33.6 Å². The minimum Gasteiger partial charge on any atom is -0.484 e. The highest BCUT2D eigenvalue weighted by Gasteiger charge is 2.44. The molecule has 4 atom stereocenters. The molecule has 0 aromatic heterocycles. The Balaban J connectivity index is 1.29. The lowest BCUT2D eigenvalue weighted by Crippen LogP contribution is -2.57. The van der Waals surface area contributed by atoms with E-state index in [1.807, 2.05) is 34.6 Å². The fourth-order valence-electron chi connectivity index (χ4n) is 8.13. The standard InChI is InChI=1S/C53H73FN6O13/c1-35(2)57(9)43(62)32-70-39-28-36(27-38(54)29-39)30-71-51(69)41-21-14-17-25-60(41)50(68)46(64)53(6,7)33-72-44(63)23-15-16-24-56(8)47(65)40-22-18-26-59(40)48(66)42(31-73-52(3,4)5)58(10)49(67)45(55-34-61)37-19-12-11-13-20-37/h11-13,15,19-20,23,27-29,34-35,40-42,45H,14,16-18,21-22,24-26,30-33H2,1-10H3,(H,55,61)/b23-15+. The second-order valence-corrected chi connectivity index (χ2v) is 20.3. The molecule has 4 unspecified atom stereocenters. The van der Waals surface area contributed by atoms with Crippen molar-refractivity contribution < 1.29 is 66.5 Å². The number of nitrogens with zero attached hydrogens (tertiary/aromatic N) is 5. The van der Waals surface area contributed by atoms with Crippen LogP contribution >= 0.6 is 0 Å². The van der Waals surface area contributed by atoms with Gasteiger partial charge in [0.2, 0.25) is 29.9 Å². The van der Waals surface area contributed by atoms with Crippen LogP contribution in [0.2, 0.25) is 0 Å². The Hall–Kier alpha value is -6.70. The third-order valence-corrected chi connectivity index (χ3v) is 12.7. The van der Waals surface area contributed by atoms with Crippen LogP contribution in [-0.2, 0) is 64.0 Å². The van der Waals surface area contributed by atoms with Crippen LogP contribution in [0.1, 0.15) is 104 Å². The van der Waals surface area contributed by atoms with E-state index in [1.165, 1.54) is 52.6 Å². The second-order valence-electron chi connectivity index (χ2n) is 20.3. The number of hydrogen-bond acceptors (Lipinski definition) is 13. The largest absolute Gasteiger partial charge is 0.484 e. The number of piperidine rings is 1. The maximum atomic E-state index is 14.5. The first kappa shape index (κ1) is 58.9. The highest BCUT2D eigenvalue weighted by atomic mass is 19.1. The zero-order valence-electron chi connectivity index (χ0n) is 43.9. The van der Waals surface area contributed by atoms with Crippen molar-refractivity contribution in [1.82, 2.24) is 29.8 Å². The van der Waals surface area contributed by atoms with Crippen LogP contribution in [-0.4, -0.2) is 169 Å². The number of amides is 6. The van der Waals surface area contributed by atoms with Gasteiger partial charge in [0.15, 0.2) is 6.61 Å². The number of esters is 2. The summed E-state index contributed by atoms with van der Waals surface area (Å²) < 4.78 is 36.9. The summed E-state index contributed by atoms with van der Waals surface area (Å²) in [5.41, 5.74) is -1.38. The number of benzene rings is 2. The Morgan fingerprint density at radius 1 is 0.849 bits per heavy atom. The van der Waals surface area contributed by atoms with E-state index in [9.17, 15) is 47.5 Å². The minimum absolute atomic E-state index is 0.0614. The molecular formula is C53H73FN6O13. The van der Waals surface area contributed by atoms with Gasteiger partial charge in [-0.1, -0.05) is 36.4 Å². The third-order valence-electron chi connectivity index (χ3n) is 12.7. The molecule has 73 heavy (non-hydrogen) atoms.